The van der Waals surface area contributed by atoms with Crippen molar-refractivity contribution in [2.45, 2.75) is 19.9 Å². The number of hydrogen-bond donors (Lipinski definition) is 1. The standard InChI is InChI=1S/C12H17BrFNOS/c1-3-17(16)7-6-15-9(2)10-4-5-12(14)11(13)8-10/h4-5,8-9,15H,3,6-7H2,1-2H3. The van der Waals surface area contributed by atoms with Crippen LogP contribution < -0.4 is 5.32 Å². The molecular formula is C12H17BrFNOS. The molecule has 2 atom stereocenters. The van der Waals surface area contributed by atoms with Crippen molar-refractivity contribution < 1.29 is 8.60 Å². The van der Waals surface area contributed by atoms with Gasteiger partial charge in [-0.05, 0) is 40.5 Å². The number of nitrogens with one attached hydrogen (secondary N) is 1. The lowest BCUT2D eigenvalue weighted by Crippen LogP contribution is -2.24. The average Bonchev–Trinajstić information content (AvgIpc) is 2.32. The molecule has 0 spiro atoms. The van der Waals surface area contributed by atoms with Gasteiger partial charge < -0.3 is 5.32 Å². The van der Waals surface area contributed by atoms with Crippen LogP contribution in [0.15, 0.2) is 22.7 Å². The van der Waals surface area contributed by atoms with Gasteiger partial charge in [-0.3, -0.25) is 4.21 Å². The Balaban J connectivity index is 2.49. The van der Waals surface area contributed by atoms with Crippen molar-refractivity contribution in [3.8, 4) is 0 Å². The molecule has 0 bridgehead atoms. The van der Waals surface area contributed by atoms with Crippen molar-refractivity contribution in [1.29, 1.82) is 0 Å². The molecule has 0 saturated carbocycles. The van der Waals surface area contributed by atoms with Gasteiger partial charge in [0.05, 0.1) is 4.47 Å². The third kappa shape index (κ3) is 4.85. The fourth-order valence-electron chi connectivity index (χ4n) is 1.43. The summed E-state index contributed by atoms with van der Waals surface area (Å²) in [5.41, 5.74) is 1.01. The van der Waals surface area contributed by atoms with E-state index in [-0.39, 0.29) is 11.9 Å². The lowest BCUT2D eigenvalue weighted by molar-refractivity contribution is 0.588. The first-order valence-electron chi connectivity index (χ1n) is 5.58. The highest BCUT2D eigenvalue weighted by Gasteiger charge is 2.07. The van der Waals surface area contributed by atoms with Crippen molar-refractivity contribution in [3.05, 3.63) is 34.1 Å². The molecule has 0 saturated heterocycles. The van der Waals surface area contributed by atoms with E-state index in [0.29, 0.717) is 22.5 Å². The van der Waals surface area contributed by atoms with Crippen molar-refractivity contribution in [3.63, 3.8) is 0 Å². The first kappa shape index (κ1) is 14.8. The molecule has 96 valence electrons. The van der Waals surface area contributed by atoms with Gasteiger partial charge in [0, 0.05) is 34.9 Å². The summed E-state index contributed by atoms with van der Waals surface area (Å²) in [5, 5.41) is 3.27. The first-order chi connectivity index (χ1) is 8.04. The number of benzene rings is 1. The minimum absolute atomic E-state index is 0.126. The van der Waals surface area contributed by atoms with Crippen LogP contribution in [0.5, 0.6) is 0 Å². The molecule has 0 aromatic heterocycles. The van der Waals surface area contributed by atoms with E-state index in [1.165, 1.54) is 6.07 Å². The molecule has 0 aliphatic heterocycles. The summed E-state index contributed by atoms with van der Waals surface area (Å²) in [5.74, 6) is 1.09. The highest BCUT2D eigenvalue weighted by molar-refractivity contribution is 9.10. The Morgan fingerprint density at radius 3 is 2.82 bits per heavy atom. The van der Waals surface area contributed by atoms with Gasteiger partial charge in [-0.25, -0.2) is 4.39 Å². The van der Waals surface area contributed by atoms with Crippen molar-refractivity contribution in [1.82, 2.24) is 5.32 Å². The van der Waals surface area contributed by atoms with E-state index in [9.17, 15) is 8.60 Å². The Kier molecular flexibility index (Phi) is 6.30. The summed E-state index contributed by atoms with van der Waals surface area (Å²) >= 11 is 3.17. The van der Waals surface area contributed by atoms with Crippen molar-refractivity contribution in [2.24, 2.45) is 0 Å². The second-order valence-electron chi connectivity index (χ2n) is 3.78. The molecule has 0 aliphatic carbocycles. The summed E-state index contributed by atoms with van der Waals surface area (Å²) in [6.45, 7) is 4.63. The van der Waals surface area contributed by atoms with Gasteiger partial charge in [0.2, 0.25) is 0 Å². The van der Waals surface area contributed by atoms with E-state index in [0.717, 1.165) is 5.56 Å². The van der Waals surface area contributed by atoms with Gasteiger partial charge >= 0.3 is 0 Å². The van der Waals surface area contributed by atoms with Gasteiger partial charge in [-0.1, -0.05) is 13.0 Å². The van der Waals surface area contributed by atoms with E-state index in [4.69, 9.17) is 0 Å². The molecule has 17 heavy (non-hydrogen) atoms. The molecule has 0 radical (unpaired) electrons. The summed E-state index contributed by atoms with van der Waals surface area (Å²) < 4.78 is 24.8. The van der Waals surface area contributed by atoms with Crippen LogP contribution in [-0.4, -0.2) is 22.3 Å². The number of rotatable bonds is 6. The van der Waals surface area contributed by atoms with E-state index >= 15 is 0 Å². The molecule has 5 heteroatoms. The third-order valence-corrected chi connectivity index (χ3v) is 4.46. The molecule has 2 unspecified atom stereocenters. The molecule has 0 aliphatic rings. The SMILES string of the molecule is CCS(=O)CCNC(C)c1ccc(F)c(Br)c1. The van der Waals surface area contributed by atoms with Gasteiger partial charge in [-0.2, -0.15) is 0 Å². The molecule has 1 aromatic rings. The Bertz CT molecular complexity index is 400. The zero-order valence-corrected chi connectivity index (χ0v) is 12.4. The van der Waals surface area contributed by atoms with Crippen molar-refractivity contribution >= 4 is 26.7 Å². The van der Waals surface area contributed by atoms with Crippen LogP contribution in [0, 0.1) is 5.82 Å². The second-order valence-corrected chi connectivity index (χ2v) is 6.50. The van der Waals surface area contributed by atoms with Crippen LogP contribution in [0.4, 0.5) is 4.39 Å². The predicted octanol–water partition coefficient (Wildman–Crippen LogP) is 3.01. The van der Waals surface area contributed by atoms with E-state index < -0.39 is 10.8 Å². The lowest BCUT2D eigenvalue weighted by Gasteiger charge is -2.14. The Morgan fingerprint density at radius 1 is 1.53 bits per heavy atom. The first-order valence-corrected chi connectivity index (χ1v) is 7.86. The van der Waals surface area contributed by atoms with Crippen LogP contribution in [0.25, 0.3) is 0 Å². The zero-order valence-electron chi connectivity index (χ0n) is 10.0. The molecule has 1 rings (SSSR count). The van der Waals surface area contributed by atoms with E-state index in [1.54, 1.807) is 12.1 Å². The van der Waals surface area contributed by atoms with Crippen LogP contribution in [0.3, 0.4) is 0 Å². The average molecular weight is 322 g/mol. The van der Waals surface area contributed by atoms with Crippen LogP contribution in [0.2, 0.25) is 0 Å². The maximum atomic E-state index is 13.1. The third-order valence-electron chi connectivity index (χ3n) is 2.55. The van der Waals surface area contributed by atoms with Crippen LogP contribution in [-0.2, 0) is 10.8 Å². The molecule has 1 aromatic carbocycles. The molecule has 0 fully saturated rings. The highest BCUT2D eigenvalue weighted by atomic mass is 79.9. The maximum Gasteiger partial charge on any atom is 0.137 e. The van der Waals surface area contributed by atoms with Gasteiger partial charge in [0.25, 0.3) is 0 Å². The lowest BCUT2D eigenvalue weighted by atomic mass is 10.1. The number of hydrogen-bond acceptors (Lipinski definition) is 2. The molecule has 1 N–H and O–H groups in total. The maximum absolute atomic E-state index is 13.1. The topological polar surface area (TPSA) is 29.1 Å². The Morgan fingerprint density at radius 2 is 2.24 bits per heavy atom. The van der Waals surface area contributed by atoms with Gasteiger partial charge in [0.15, 0.2) is 0 Å². The molecule has 0 heterocycles. The monoisotopic (exact) mass is 321 g/mol. The smallest absolute Gasteiger partial charge is 0.137 e. The summed E-state index contributed by atoms with van der Waals surface area (Å²) in [6, 6.07) is 5.10. The summed E-state index contributed by atoms with van der Waals surface area (Å²) in [4.78, 5) is 0. The van der Waals surface area contributed by atoms with Crippen LogP contribution in [0.1, 0.15) is 25.5 Å². The Labute approximate surface area is 113 Å². The fourth-order valence-corrected chi connectivity index (χ4v) is 2.46. The van der Waals surface area contributed by atoms with Crippen LogP contribution >= 0.6 is 15.9 Å². The fraction of sp³-hybridized carbons (Fsp3) is 0.500. The van der Waals surface area contributed by atoms with Gasteiger partial charge in [0.1, 0.15) is 5.82 Å². The summed E-state index contributed by atoms with van der Waals surface area (Å²) in [6.07, 6.45) is 0. The van der Waals surface area contributed by atoms with Gasteiger partial charge in [-0.15, -0.1) is 0 Å². The zero-order chi connectivity index (χ0) is 12.8. The Hall–Kier alpha value is -0.260. The molecular weight excluding hydrogens is 305 g/mol. The van der Waals surface area contributed by atoms with E-state index in [2.05, 4.69) is 21.2 Å². The predicted molar refractivity (Wildman–Crippen MR) is 74.1 cm³/mol. The minimum Gasteiger partial charge on any atom is -0.309 e. The largest absolute Gasteiger partial charge is 0.309 e. The highest BCUT2D eigenvalue weighted by Crippen LogP contribution is 2.20. The molecule has 0 amide bonds. The second kappa shape index (κ2) is 7.24. The quantitative estimate of drug-likeness (QED) is 0.872. The molecule has 2 nitrogen and oxygen atoms in total. The van der Waals surface area contributed by atoms with Crippen molar-refractivity contribution in [2.75, 3.05) is 18.1 Å². The summed E-state index contributed by atoms with van der Waals surface area (Å²) in [7, 11) is -0.740. The minimum atomic E-state index is -0.740. The normalized spacial score (nSPS) is 14.6. The van der Waals surface area contributed by atoms with E-state index in [1.807, 2.05) is 13.8 Å². The number of halogens is 2.